The Balaban J connectivity index is 1.74. The summed E-state index contributed by atoms with van der Waals surface area (Å²) in [6.45, 7) is 1.14. The largest absolute Gasteiger partial charge is 0.416 e. The number of β-amino-alcohol motifs (C(OH)–C–C–N with tert-alkyl or cyclic N) is 1. The highest BCUT2D eigenvalue weighted by molar-refractivity contribution is 6.31. The zero-order chi connectivity index (χ0) is 26.6. The molecule has 2 N–H and O–H groups in total. The molecule has 3 heterocycles. The number of halogens is 6. The summed E-state index contributed by atoms with van der Waals surface area (Å²) in [5.74, 6) is -3.59. The lowest BCUT2D eigenvalue weighted by Crippen LogP contribution is -2.64. The van der Waals surface area contributed by atoms with Gasteiger partial charge in [-0.3, -0.25) is 9.69 Å². The van der Waals surface area contributed by atoms with Gasteiger partial charge in [-0.2, -0.15) is 13.2 Å². The molecule has 8 nitrogen and oxygen atoms in total. The molecule has 2 aromatic rings. The minimum atomic E-state index is -4.75. The molecule has 1 unspecified atom stereocenters. The van der Waals surface area contributed by atoms with Gasteiger partial charge in [-0.15, -0.1) is 0 Å². The normalized spacial score (nSPS) is 19.5. The van der Waals surface area contributed by atoms with Crippen LogP contribution in [0.15, 0.2) is 24.3 Å². The third kappa shape index (κ3) is 4.70. The Morgan fingerprint density at radius 3 is 2.56 bits per heavy atom. The van der Waals surface area contributed by atoms with Crippen LogP contribution in [0.2, 0.25) is 5.02 Å². The fraction of sp³-hybridized carbons (Fsp3) is 0.409. The molecule has 2 aliphatic rings. The molecule has 2 fully saturated rings. The molecule has 36 heavy (non-hydrogen) atoms. The van der Waals surface area contributed by atoms with E-state index >= 15 is 0 Å². The van der Waals surface area contributed by atoms with Crippen LogP contribution in [0.1, 0.15) is 11.3 Å². The van der Waals surface area contributed by atoms with Gasteiger partial charge in [0.15, 0.2) is 5.82 Å². The van der Waals surface area contributed by atoms with Crippen molar-refractivity contribution in [1.82, 2.24) is 15.2 Å². The Morgan fingerprint density at radius 2 is 1.97 bits per heavy atom. The van der Waals surface area contributed by atoms with Crippen LogP contribution in [0.5, 0.6) is 0 Å². The first-order chi connectivity index (χ1) is 16.7. The first kappa shape index (κ1) is 26.0. The lowest BCUT2D eigenvalue weighted by atomic mass is 9.97. The number of hydrogen-bond donors (Lipinski definition) is 2. The molecule has 1 aromatic heterocycles. The molecule has 194 valence electrons. The van der Waals surface area contributed by atoms with E-state index < -0.39 is 63.5 Å². The molecule has 3 amide bonds. The van der Waals surface area contributed by atoms with Gasteiger partial charge < -0.3 is 20.2 Å². The highest BCUT2D eigenvalue weighted by atomic mass is 35.5. The summed E-state index contributed by atoms with van der Waals surface area (Å²) < 4.78 is 68.6. The fourth-order valence-corrected chi connectivity index (χ4v) is 4.33. The molecular formula is C22H21ClF5N5O3. The van der Waals surface area contributed by atoms with E-state index in [1.54, 1.807) is 0 Å². The van der Waals surface area contributed by atoms with Crippen LogP contribution < -0.4 is 15.1 Å². The van der Waals surface area contributed by atoms with E-state index in [0.29, 0.717) is 6.07 Å². The number of aryl methyl sites for hydroxylation is 1. The van der Waals surface area contributed by atoms with Crippen LogP contribution in [0.3, 0.4) is 0 Å². The monoisotopic (exact) mass is 533 g/mol. The molecule has 1 aromatic carbocycles. The fourth-order valence-electron chi connectivity index (χ4n) is 4.17. The predicted octanol–water partition coefficient (Wildman–Crippen LogP) is 2.95. The van der Waals surface area contributed by atoms with Gasteiger partial charge in [-0.25, -0.2) is 18.6 Å². The van der Waals surface area contributed by atoms with Gasteiger partial charge in [-0.1, -0.05) is 11.6 Å². The van der Waals surface area contributed by atoms with Gasteiger partial charge >= 0.3 is 12.2 Å². The summed E-state index contributed by atoms with van der Waals surface area (Å²) >= 11 is 5.62. The number of benzene rings is 1. The first-order valence-electron chi connectivity index (χ1n) is 10.7. The standard InChI is InChI=1S/C22H21ClF5N5O3/c1-11-5-12(22(26,27)28)6-16(30-11)33-15(7-32(20(33)35)10-21(36)8-29-9-21)19(34)31(2)14-4-3-13(24)17(23)18(14)25/h3-6,15,29,36H,7-10H2,1-2H3. The molecule has 2 aliphatic heterocycles. The van der Waals surface area contributed by atoms with Crippen LogP contribution in [-0.2, 0) is 11.0 Å². The van der Waals surface area contributed by atoms with Crippen molar-refractivity contribution in [2.24, 2.45) is 0 Å². The smallest absolute Gasteiger partial charge is 0.385 e. The number of carbonyl (C=O) groups excluding carboxylic acids is 2. The molecule has 0 spiro atoms. The average Bonchev–Trinajstić information content (AvgIpc) is 3.10. The summed E-state index contributed by atoms with van der Waals surface area (Å²) in [5.41, 5.74) is -2.80. The zero-order valence-electron chi connectivity index (χ0n) is 19.0. The molecule has 4 rings (SSSR count). The van der Waals surface area contributed by atoms with Crippen molar-refractivity contribution in [2.45, 2.75) is 24.7 Å². The quantitative estimate of drug-likeness (QED) is 0.456. The summed E-state index contributed by atoms with van der Waals surface area (Å²) in [6, 6.07) is 0.977. The lowest BCUT2D eigenvalue weighted by Gasteiger charge is -2.40. The lowest BCUT2D eigenvalue weighted by molar-refractivity contribution is -0.137. The number of pyridine rings is 1. The molecule has 0 bridgehead atoms. The van der Waals surface area contributed by atoms with Gasteiger partial charge in [0.1, 0.15) is 28.3 Å². The van der Waals surface area contributed by atoms with Gasteiger partial charge in [-0.05, 0) is 31.2 Å². The van der Waals surface area contributed by atoms with E-state index in [9.17, 15) is 36.6 Å². The van der Waals surface area contributed by atoms with E-state index in [-0.39, 0.29) is 31.9 Å². The highest BCUT2D eigenvalue weighted by Gasteiger charge is 2.48. The van der Waals surface area contributed by atoms with Crippen molar-refractivity contribution >= 4 is 35.0 Å². The number of hydrogen-bond acceptors (Lipinski definition) is 5. The third-order valence-corrected chi connectivity index (χ3v) is 6.43. The van der Waals surface area contributed by atoms with Crippen LogP contribution in [0, 0.1) is 18.6 Å². The Morgan fingerprint density at radius 1 is 1.31 bits per heavy atom. The topological polar surface area (TPSA) is 89.0 Å². The minimum Gasteiger partial charge on any atom is -0.385 e. The molecular weight excluding hydrogens is 513 g/mol. The number of amides is 3. The van der Waals surface area contributed by atoms with E-state index in [2.05, 4.69) is 10.3 Å². The van der Waals surface area contributed by atoms with E-state index in [1.165, 1.54) is 6.92 Å². The number of carbonyl (C=O) groups is 2. The van der Waals surface area contributed by atoms with Gasteiger partial charge in [0.2, 0.25) is 0 Å². The van der Waals surface area contributed by atoms with Crippen molar-refractivity contribution < 1.29 is 36.6 Å². The second-order valence-corrected chi connectivity index (χ2v) is 9.20. The number of aliphatic hydroxyl groups is 1. The molecule has 2 saturated heterocycles. The summed E-state index contributed by atoms with van der Waals surface area (Å²) in [7, 11) is 1.16. The summed E-state index contributed by atoms with van der Waals surface area (Å²) in [6.07, 6.45) is -4.75. The number of aromatic nitrogens is 1. The number of likely N-dealkylation sites (N-methyl/N-ethyl adjacent to an activating group) is 1. The van der Waals surface area contributed by atoms with Crippen LogP contribution in [-0.4, -0.2) is 71.8 Å². The Kier molecular flexibility index (Phi) is 6.60. The zero-order valence-corrected chi connectivity index (χ0v) is 19.8. The van der Waals surface area contributed by atoms with Gasteiger partial charge in [0.25, 0.3) is 5.91 Å². The van der Waals surface area contributed by atoms with Crippen molar-refractivity contribution in [2.75, 3.05) is 43.0 Å². The summed E-state index contributed by atoms with van der Waals surface area (Å²) in [5, 5.41) is 12.5. The van der Waals surface area contributed by atoms with Crippen LogP contribution in [0.4, 0.5) is 38.3 Å². The number of urea groups is 1. The molecule has 14 heteroatoms. The van der Waals surface area contributed by atoms with Crippen LogP contribution >= 0.6 is 11.6 Å². The Labute approximate surface area is 207 Å². The number of anilines is 2. The molecule has 0 radical (unpaired) electrons. The number of rotatable bonds is 5. The summed E-state index contributed by atoms with van der Waals surface area (Å²) in [4.78, 5) is 33.5. The maximum absolute atomic E-state index is 14.6. The number of alkyl halides is 3. The molecule has 0 saturated carbocycles. The molecule has 1 atom stereocenters. The minimum absolute atomic E-state index is 0.0520. The second-order valence-electron chi connectivity index (χ2n) is 8.82. The Bertz CT molecular complexity index is 1220. The predicted molar refractivity (Wildman–Crippen MR) is 120 cm³/mol. The number of nitrogens with one attached hydrogen (secondary N) is 1. The maximum atomic E-state index is 14.6. The van der Waals surface area contributed by atoms with Crippen molar-refractivity contribution in [3.63, 3.8) is 0 Å². The maximum Gasteiger partial charge on any atom is 0.416 e. The number of nitrogens with zero attached hydrogens (tertiary/aromatic N) is 4. The average molecular weight is 534 g/mol. The van der Waals surface area contributed by atoms with Gasteiger partial charge in [0, 0.05) is 25.8 Å². The molecule has 0 aliphatic carbocycles. The van der Waals surface area contributed by atoms with Crippen molar-refractivity contribution in [1.29, 1.82) is 0 Å². The van der Waals surface area contributed by atoms with Crippen molar-refractivity contribution in [3.8, 4) is 0 Å². The van der Waals surface area contributed by atoms with E-state index in [4.69, 9.17) is 11.6 Å². The first-order valence-corrected chi connectivity index (χ1v) is 11.1. The SMILES string of the molecule is Cc1cc(C(F)(F)F)cc(N2C(=O)N(CC3(O)CNC3)CC2C(=O)N(C)c2ccc(F)c(Cl)c2F)n1. The van der Waals surface area contributed by atoms with E-state index in [1.807, 2.05) is 0 Å². The van der Waals surface area contributed by atoms with Crippen LogP contribution in [0.25, 0.3) is 0 Å². The third-order valence-electron chi connectivity index (χ3n) is 6.08. The van der Waals surface area contributed by atoms with E-state index in [0.717, 1.165) is 39.9 Å². The van der Waals surface area contributed by atoms with Gasteiger partial charge in [0.05, 0.1) is 24.3 Å². The highest BCUT2D eigenvalue weighted by Crippen LogP contribution is 2.35. The Hall–Kier alpha value is -3.03. The second kappa shape index (κ2) is 9.12. The van der Waals surface area contributed by atoms with Crippen molar-refractivity contribution in [3.05, 3.63) is 52.2 Å².